The van der Waals surface area contributed by atoms with Crippen molar-refractivity contribution >= 4 is 17.6 Å². The molecule has 0 atom stereocenters. The lowest BCUT2D eigenvalue weighted by atomic mass is 10.0. The van der Waals surface area contributed by atoms with E-state index < -0.39 is 5.97 Å². The second-order valence-corrected chi connectivity index (χ2v) is 8.41. The number of aliphatic carboxylic acids is 1. The Morgan fingerprint density at radius 3 is 1.57 bits per heavy atom. The summed E-state index contributed by atoms with van der Waals surface area (Å²) < 4.78 is 0. The van der Waals surface area contributed by atoms with Crippen molar-refractivity contribution in [3.05, 3.63) is 30.3 Å². The first-order valence-corrected chi connectivity index (χ1v) is 12.2. The maximum atomic E-state index is 12.5. The monoisotopic (exact) mass is 417 g/mol. The Balaban J connectivity index is 2.01. The first-order valence-electron chi connectivity index (χ1n) is 12.2. The number of hydrogen-bond acceptors (Lipinski definition) is 2. The average molecular weight is 418 g/mol. The average Bonchev–Trinajstić information content (AvgIpc) is 2.75. The van der Waals surface area contributed by atoms with Crippen molar-refractivity contribution in [2.24, 2.45) is 0 Å². The fraction of sp³-hybridized carbons (Fsp3) is 0.692. The number of anilines is 1. The topological polar surface area (TPSA) is 57.6 Å². The van der Waals surface area contributed by atoms with Gasteiger partial charge < -0.3 is 10.0 Å². The lowest BCUT2D eigenvalue weighted by Gasteiger charge is -2.20. The minimum atomic E-state index is -0.983. The number of para-hydroxylation sites is 1. The third kappa shape index (κ3) is 13.4. The van der Waals surface area contributed by atoms with Gasteiger partial charge in [-0.15, -0.1) is 0 Å². The number of carboxylic acid groups (broad SMARTS) is 1. The van der Waals surface area contributed by atoms with E-state index in [1.54, 1.807) is 12.1 Å². The molecular formula is C26H43NO3. The zero-order valence-corrected chi connectivity index (χ0v) is 19.1. The van der Waals surface area contributed by atoms with E-state index in [1.165, 1.54) is 81.9 Å². The van der Waals surface area contributed by atoms with Gasteiger partial charge in [0.15, 0.2) is 0 Å². The Labute approximate surface area is 184 Å². The smallest absolute Gasteiger partial charge is 0.323 e. The molecule has 0 heterocycles. The number of rotatable bonds is 19. The molecule has 0 aliphatic heterocycles. The van der Waals surface area contributed by atoms with Gasteiger partial charge in [0.2, 0.25) is 5.91 Å². The molecule has 1 aromatic carbocycles. The van der Waals surface area contributed by atoms with Crippen LogP contribution in [0.25, 0.3) is 0 Å². The number of amides is 1. The molecule has 1 N–H and O–H groups in total. The normalized spacial score (nSPS) is 10.8. The van der Waals surface area contributed by atoms with Crippen LogP contribution in [0.3, 0.4) is 0 Å². The predicted octanol–water partition coefficient (Wildman–Crippen LogP) is 7.37. The van der Waals surface area contributed by atoms with Gasteiger partial charge in [0, 0.05) is 12.1 Å². The number of benzene rings is 1. The molecule has 1 aromatic rings. The van der Waals surface area contributed by atoms with Gasteiger partial charge in [-0.2, -0.15) is 0 Å². The SMILES string of the molecule is CCCCCCCCCCCCCCCCCC(=O)N(CC(=O)O)c1ccccc1. The van der Waals surface area contributed by atoms with Crippen LogP contribution in [-0.4, -0.2) is 23.5 Å². The number of carboxylic acids is 1. The van der Waals surface area contributed by atoms with Crippen LogP contribution in [0.2, 0.25) is 0 Å². The summed E-state index contributed by atoms with van der Waals surface area (Å²) in [6, 6.07) is 9.08. The van der Waals surface area contributed by atoms with Gasteiger partial charge >= 0.3 is 5.97 Å². The molecule has 1 amide bonds. The van der Waals surface area contributed by atoms with Crippen molar-refractivity contribution in [1.82, 2.24) is 0 Å². The van der Waals surface area contributed by atoms with Crippen LogP contribution < -0.4 is 4.90 Å². The number of unbranched alkanes of at least 4 members (excludes halogenated alkanes) is 14. The van der Waals surface area contributed by atoms with Crippen LogP contribution in [-0.2, 0) is 9.59 Å². The summed E-state index contributed by atoms with van der Waals surface area (Å²) in [6.45, 7) is 1.99. The lowest BCUT2D eigenvalue weighted by molar-refractivity contribution is -0.136. The van der Waals surface area contributed by atoms with Crippen molar-refractivity contribution in [3.8, 4) is 0 Å². The van der Waals surface area contributed by atoms with Crippen LogP contribution in [0.4, 0.5) is 5.69 Å². The maximum absolute atomic E-state index is 12.5. The van der Waals surface area contributed by atoms with E-state index in [2.05, 4.69) is 6.92 Å². The third-order valence-corrected chi connectivity index (χ3v) is 5.66. The van der Waals surface area contributed by atoms with Gasteiger partial charge in [0.05, 0.1) is 0 Å². The largest absolute Gasteiger partial charge is 0.480 e. The highest BCUT2D eigenvalue weighted by atomic mass is 16.4. The Bertz CT molecular complexity index is 559. The molecule has 0 saturated heterocycles. The van der Waals surface area contributed by atoms with Crippen molar-refractivity contribution in [2.45, 2.75) is 110 Å². The first kappa shape index (κ1) is 26.2. The highest BCUT2D eigenvalue weighted by molar-refractivity contribution is 5.97. The second kappa shape index (κ2) is 18.0. The summed E-state index contributed by atoms with van der Waals surface area (Å²) in [5, 5.41) is 9.10. The quantitative estimate of drug-likeness (QED) is 0.239. The Hall–Kier alpha value is -1.84. The molecule has 0 bridgehead atoms. The number of carbonyl (C=O) groups excluding carboxylic acids is 1. The summed E-state index contributed by atoms with van der Waals surface area (Å²) >= 11 is 0. The number of nitrogens with zero attached hydrogens (tertiary/aromatic N) is 1. The fourth-order valence-corrected chi connectivity index (χ4v) is 3.85. The van der Waals surface area contributed by atoms with Crippen LogP contribution in [0, 0.1) is 0 Å². The highest BCUT2D eigenvalue weighted by Crippen LogP contribution is 2.17. The lowest BCUT2D eigenvalue weighted by Crippen LogP contribution is -2.35. The molecule has 0 aliphatic rings. The molecule has 4 nitrogen and oxygen atoms in total. The zero-order valence-electron chi connectivity index (χ0n) is 19.1. The van der Waals surface area contributed by atoms with Crippen molar-refractivity contribution < 1.29 is 14.7 Å². The van der Waals surface area contributed by atoms with Gasteiger partial charge in [-0.25, -0.2) is 0 Å². The van der Waals surface area contributed by atoms with Gasteiger partial charge in [0.25, 0.3) is 0 Å². The molecule has 30 heavy (non-hydrogen) atoms. The number of carbonyl (C=O) groups is 2. The Morgan fingerprint density at radius 2 is 1.13 bits per heavy atom. The second-order valence-electron chi connectivity index (χ2n) is 8.41. The molecule has 0 aromatic heterocycles. The molecule has 170 valence electrons. The van der Waals surface area contributed by atoms with Gasteiger partial charge in [0.1, 0.15) is 6.54 Å². The Morgan fingerprint density at radius 1 is 0.700 bits per heavy atom. The molecular weight excluding hydrogens is 374 g/mol. The van der Waals surface area contributed by atoms with Crippen molar-refractivity contribution in [3.63, 3.8) is 0 Å². The molecule has 0 aliphatic carbocycles. The van der Waals surface area contributed by atoms with E-state index in [9.17, 15) is 9.59 Å². The van der Waals surface area contributed by atoms with E-state index in [0.717, 1.165) is 19.3 Å². The molecule has 0 unspecified atom stereocenters. The standard InChI is InChI=1S/C26H43NO3/c1-2-3-4-5-6-7-8-9-10-11-12-13-14-15-19-22-25(28)27(23-26(29)30)24-20-17-16-18-21-24/h16-18,20-21H,2-15,19,22-23H2,1H3,(H,29,30). The summed E-state index contributed by atoms with van der Waals surface area (Å²) in [4.78, 5) is 25.0. The van der Waals surface area contributed by atoms with Crippen LogP contribution in [0.15, 0.2) is 30.3 Å². The van der Waals surface area contributed by atoms with Crippen molar-refractivity contribution in [2.75, 3.05) is 11.4 Å². The van der Waals surface area contributed by atoms with E-state index in [1.807, 2.05) is 18.2 Å². The molecule has 0 saturated carbocycles. The molecule has 4 heteroatoms. The van der Waals surface area contributed by atoms with E-state index in [4.69, 9.17) is 5.11 Å². The van der Waals surface area contributed by atoms with Crippen LogP contribution >= 0.6 is 0 Å². The fourth-order valence-electron chi connectivity index (χ4n) is 3.85. The van der Waals surface area contributed by atoms with E-state index in [-0.39, 0.29) is 12.5 Å². The molecule has 0 radical (unpaired) electrons. The van der Waals surface area contributed by atoms with Crippen LogP contribution in [0.5, 0.6) is 0 Å². The summed E-state index contributed by atoms with van der Waals surface area (Å²) in [5.41, 5.74) is 0.658. The van der Waals surface area contributed by atoms with E-state index >= 15 is 0 Å². The van der Waals surface area contributed by atoms with Crippen molar-refractivity contribution in [1.29, 1.82) is 0 Å². The van der Waals surface area contributed by atoms with Gasteiger partial charge in [-0.05, 0) is 18.6 Å². The maximum Gasteiger partial charge on any atom is 0.323 e. The zero-order chi connectivity index (χ0) is 21.9. The minimum Gasteiger partial charge on any atom is -0.480 e. The molecule has 0 fully saturated rings. The predicted molar refractivity (Wildman–Crippen MR) is 126 cm³/mol. The van der Waals surface area contributed by atoms with E-state index in [0.29, 0.717) is 12.1 Å². The third-order valence-electron chi connectivity index (χ3n) is 5.66. The first-order chi connectivity index (χ1) is 14.6. The summed E-state index contributed by atoms with van der Waals surface area (Å²) in [6.07, 6.45) is 19.8. The summed E-state index contributed by atoms with van der Waals surface area (Å²) in [7, 11) is 0. The summed E-state index contributed by atoms with van der Waals surface area (Å²) in [5.74, 6) is -1.08. The minimum absolute atomic E-state index is 0.0988. The highest BCUT2D eigenvalue weighted by Gasteiger charge is 2.17. The van der Waals surface area contributed by atoms with Gasteiger partial charge in [-0.1, -0.05) is 115 Å². The Kier molecular flexibility index (Phi) is 15.7. The number of hydrogen-bond donors (Lipinski definition) is 1. The van der Waals surface area contributed by atoms with Crippen LogP contribution in [0.1, 0.15) is 110 Å². The molecule has 1 rings (SSSR count). The van der Waals surface area contributed by atoms with Gasteiger partial charge in [-0.3, -0.25) is 9.59 Å². The molecule has 0 spiro atoms.